The van der Waals surface area contributed by atoms with Gasteiger partial charge in [0.15, 0.2) is 0 Å². The van der Waals surface area contributed by atoms with Crippen molar-refractivity contribution in [1.82, 2.24) is 4.98 Å². The van der Waals surface area contributed by atoms with Crippen molar-refractivity contribution in [3.8, 4) is 5.75 Å². The number of methoxy groups -OCH3 is 1. The molecule has 18 heavy (non-hydrogen) atoms. The predicted molar refractivity (Wildman–Crippen MR) is 70.8 cm³/mol. The number of benzene rings is 1. The molecule has 0 amide bonds. The molecule has 1 unspecified atom stereocenters. The molecule has 94 valence electrons. The van der Waals surface area contributed by atoms with Crippen LogP contribution in [0.25, 0.3) is 0 Å². The maximum Gasteiger partial charge on any atom is 0.121 e. The Morgan fingerprint density at radius 3 is 2.56 bits per heavy atom. The number of hydrogen-bond donors (Lipinski definition) is 1. The molecule has 2 rings (SSSR count). The second-order valence-electron chi connectivity index (χ2n) is 4.33. The Labute approximate surface area is 107 Å². The smallest absolute Gasteiger partial charge is 0.121 e. The van der Waals surface area contributed by atoms with Crippen LogP contribution in [-0.2, 0) is 0 Å². The van der Waals surface area contributed by atoms with Crippen molar-refractivity contribution >= 4 is 0 Å². The van der Waals surface area contributed by atoms with Crippen LogP contribution in [0.15, 0.2) is 36.5 Å². The highest BCUT2D eigenvalue weighted by Crippen LogP contribution is 2.27. The lowest BCUT2D eigenvalue weighted by atomic mass is 9.98. The second kappa shape index (κ2) is 5.19. The Morgan fingerprint density at radius 2 is 1.94 bits per heavy atom. The van der Waals surface area contributed by atoms with Crippen molar-refractivity contribution < 1.29 is 9.84 Å². The molecule has 0 fully saturated rings. The Bertz CT molecular complexity index is 552. The van der Waals surface area contributed by atoms with Crippen LogP contribution in [0.1, 0.15) is 28.5 Å². The maximum absolute atomic E-state index is 10.4. The molecular weight excluding hydrogens is 226 g/mol. The fourth-order valence-corrected chi connectivity index (χ4v) is 2.01. The van der Waals surface area contributed by atoms with Gasteiger partial charge in [-0.2, -0.15) is 0 Å². The minimum absolute atomic E-state index is 0.697. The number of aliphatic hydroxyl groups is 1. The molecule has 0 aliphatic carbocycles. The van der Waals surface area contributed by atoms with E-state index in [1.54, 1.807) is 13.3 Å². The number of nitrogens with zero attached hydrogens (tertiary/aromatic N) is 1. The number of pyridine rings is 1. The van der Waals surface area contributed by atoms with Crippen molar-refractivity contribution in [3.63, 3.8) is 0 Å². The van der Waals surface area contributed by atoms with E-state index in [0.717, 1.165) is 22.4 Å². The van der Waals surface area contributed by atoms with Crippen molar-refractivity contribution in [2.24, 2.45) is 0 Å². The summed E-state index contributed by atoms with van der Waals surface area (Å²) in [5.41, 5.74) is 3.54. The summed E-state index contributed by atoms with van der Waals surface area (Å²) in [5, 5.41) is 10.4. The summed E-state index contributed by atoms with van der Waals surface area (Å²) in [5.74, 6) is 0.793. The fraction of sp³-hybridized carbons (Fsp3) is 0.267. The Hall–Kier alpha value is -1.87. The minimum Gasteiger partial charge on any atom is -0.497 e. The third-order valence-electron chi connectivity index (χ3n) is 3.08. The van der Waals surface area contributed by atoms with Crippen LogP contribution in [0.5, 0.6) is 5.75 Å². The molecule has 2 aromatic rings. The van der Waals surface area contributed by atoms with E-state index in [2.05, 4.69) is 4.98 Å². The average Bonchev–Trinajstić information content (AvgIpc) is 2.38. The van der Waals surface area contributed by atoms with Gasteiger partial charge in [0.2, 0.25) is 0 Å². The van der Waals surface area contributed by atoms with E-state index in [1.165, 1.54) is 0 Å². The van der Waals surface area contributed by atoms with Crippen LogP contribution < -0.4 is 4.74 Å². The van der Waals surface area contributed by atoms with Crippen molar-refractivity contribution in [3.05, 3.63) is 58.9 Å². The highest BCUT2D eigenvalue weighted by atomic mass is 16.5. The van der Waals surface area contributed by atoms with Crippen molar-refractivity contribution in [2.75, 3.05) is 7.11 Å². The Balaban J connectivity index is 2.40. The highest BCUT2D eigenvalue weighted by molar-refractivity contribution is 5.40. The van der Waals surface area contributed by atoms with Crippen LogP contribution in [0.3, 0.4) is 0 Å². The molecular formula is C15H17NO2. The lowest BCUT2D eigenvalue weighted by Gasteiger charge is -2.15. The standard InChI is InChI=1S/C15H17NO2/c1-10-5-4-8-16-14(10)15(17)13-7-6-12(18-3)9-11(13)2/h4-9,15,17H,1-3H3. The molecule has 0 radical (unpaired) electrons. The first-order valence-corrected chi connectivity index (χ1v) is 5.87. The zero-order valence-corrected chi connectivity index (χ0v) is 10.8. The van der Waals surface area contributed by atoms with Crippen LogP contribution in [0, 0.1) is 13.8 Å². The summed E-state index contributed by atoms with van der Waals surface area (Å²) in [7, 11) is 1.63. The van der Waals surface area contributed by atoms with Gasteiger partial charge >= 0.3 is 0 Å². The Kier molecular flexibility index (Phi) is 3.63. The van der Waals surface area contributed by atoms with Gasteiger partial charge in [-0.3, -0.25) is 4.98 Å². The highest BCUT2D eigenvalue weighted by Gasteiger charge is 2.16. The molecule has 3 nitrogen and oxygen atoms in total. The van der Waals surface area contributed by atoms with Crippen LogP contribution >= 0.6 is 0 Å². The Morgan fingerprint density at radius 1 is 1.17 bits per heavy atom. The van der Waals surface area contributed by atoms with E-state index in [1.807, 2.05) is 44.2 Å². The second-order valence-corrected chi connectivity index (χ2v) is 4.33. The molecule has 0 saturated heterocycles. The molecule has 0 aliphatic rings. The van der Waals surface area contributed by atoms with Gasteiger partial charge in [-0.15, -0.1) is 0 Å². The molecule has 0 bridgehead atoms. The lowest BCUT2D eigenvalue weighted by Crippen LogP contribution is -2.06. The number of hydrogen-bond acceptors (Lipinski definition) is 3. The van der Waals surface area contributed by atoms with Gasteiger partial charge in [0.25, 0.3) is 0 Å². The first kappa shape index (κ1) is 12.6. The maximum atomic E-state index is 10.4. The summed E-state index contributed by atoms with van der Waals surface area (Å²) >= 11 is 0. The van der Waals surface area contributed by atoms with Gasteiger partial charge in [0, 0.05) is 6.20 Å². The summed E-state index contributed by atoms with van der Waals surface area (Å²) in [6.45, 7) is 3.91. The van der Waals surface area contributed by atoms with Gasteiger partial charge < -0.3 is 9.84 Å². The van der Waals surface area contributed by atoms with Crippen LogP contribution in [0.2, 0.25) is 0 Å². The van der Waals surface area contributed by atoms with Crippen molar-refractivity contribution in [1.29, 1.82) is 0 Å². The number of ether oxygens (including phenoxy) is 1. The van der Waals surface area contributed by atoms with Crippen LogP contribution in [-0.4, -0.2) is 17.2 Å². The predicted octanol–water partition coefficient (Wildman–Crippen LogP) is 2.79. The zero-order chi connectivity index (χ0) is 13.1. The molecule has 0 aliphatic heterocycles. The first-order chi connectivity index (χ1) is 8.63. The van der Waals surface area contributed by atoms with E-state index in [-0.39, 0.29) is 0 Å². The minimum atomic E-state index is -0.697. The number of aliphatic hydroxyl groups excluding tert-OH is 1. The molecule has 3 heteroatoms. The quantitative estimate of drug-likeness (QED) is 0.901. The molecule has 0 saturated carbocycles. The summed E-state index contributed by atoms with van der Waals surface area (Å²) < 4.78 is 5.16. The van der Waals surface area contributed by atoms with Crippen molar-refractivity contribution in [2.45, 2.75) is 20.0 Å². The van der Waals surface area contributed by atoms with Gasteiger partial charge in [0.05, 0.1) is 12.8 Å². The van der Waals surface area contributed by atoms with E-state index in [0.29, 0.717) is 5.69 Å². The fourth-order valence-electron chi connectivity index (χ4n) is 2.01. The third-order valence-corrected chi connectivity index (χ3v) is 3.08. The number of aryl methyl sites for hydroxylation is 2. The van der Waals surface area contributed by atoms with Crippen LogP contribution in [0.4, 0.5) is 0 Å². The first-order valence-electron chi connectivity index (χ1n) is 5.87. The summed E-state index contributed by atoms with van der Waals surface area (Å²) in [6, 6.07) is 9.46. The number of rotatable bonds is 3. The van der Waals surface area contributed by atoms with E-state index in [9.17, 15) is 5.11 Å². The van der Waals surface area contributed by atoms with Gasteiger partial charge in [-0.05, 0) is 48.7 Å². The zero-order valence-electron chi connectivity index (χ0n) is 10.8. The van der Waals surface area contributed by atoms with Gasteiger partial charge in [-0.25, -0.2) is 0 Å². The van der Waals surface area contributed by atoms with E-state index >= 15 is 0 Å². The summed E-state index contributed by atoms with van der Waals surface area (Å²) in [6.07, 6.45) is 1.00. The van der Waals surface area contributed by atoms with Gasteiger partial charge in [-0.1, -0.05) is 12.1 Å². The molecule has 1 atom stereocenters. The van der Waals surface area contributed by atoms with E-state index in [4.69, 9.17) is 4.74 Å². The topological polar surface area (TPSA) is 42.4 Å². The third kappa shape index (κ3) is 2.36. The molecule has 0 spiro atoms. The van der Waals surface area contributed by atoms with E-state index < -0.39 is 6.10 Å². The SMILES string of the molecule is COc1ccc(C(O)c2ncccc2C)c(C)c1. The van der Waals surface area contributed by atoms with Gasteiger partial charge in [0.1, 0.15) is 11.9 Å². The lowest BCUT2D eigenvalue weighted by molar-refractivity contribution is 0.213. The average molecular weight is 243 g/mol. The normalized spacial score (nSPS) is 12.2. The summed E-state index contributed by atoms with van der Waals surface area (Å²) in [4.78, 5) is 4.26. The molecule has 1 N–H and O–H groups in total. The molecule has 1 aromatic heterocycles. The molecule has 1 heterocycles. The molecule has 1 aromatic carbocycles. The monoisotopic (exact) mass is 243 g/mol. The number of aromatic nitrogens is 1. The largest absolute Gasteiger partial charge is 0.497 e.